The second kappa shape index (κ2) is 9.28. The molecule has 0 spiro atoms. The molecule has 31 heavy (non-hydrogen) atoms. The van der Waals surface area contributed by atoms with Crippen molar-refractivity contribution in [2.45, 2.75) is 19.4 Å². The highest BCUT2D eigenvalue weighted by molar-refractivity contribution is 9.10. The summed E-state index contributed by atoms with van der Waals surface area (Å²) in [6.07, 6.45) is 0.724. The van der Waals surface area contributed by atoms with Gasteiger partial charge in [-0.2, -0.15) is 0 Å². The van der Waals surface area contributed by atoms with Crippen LogP contribution in [0.3, 0.4) is 0 Å². The first-order chi connectivity index (χ1) is 14.9. The summed E-state index contributed by atoms with van der Waals surface area (Å²) in [6.45, 7) is 3.00. The Labute approximate surface area is 192 Å². The smallest absolute Gasteiger partial charge is 0.328 e. The fourth-order valence-electron chi connectivity index (χ4n) is 3.84. The minimum atomic E-state index is -0.455. The van der Waals surface area contributed by atoms with Gasteiger partial charge in [0, 0.05) is 54.3 Å². The lowest BCUT2D eigenvalue weighted by Gasteiger charge is -2.36. The van der Waals surface area contributed by atoms with E-state index in [2.05, 4.69) is 25.8 Å². The zero-order valence-corrected chi connectivity index (χ0v) is 19.2. The van der Waals surface area contributed by atoms with Gasteiger partial charge < -0.3 is 14.8 Å². The fraction of sp³-hybridized carbons (Fsp3) is 0.318. The molecule has 0 unspecified atom stereocenters. The van der Waals surface area contributed by atoms with E-state index in [9.17, 15) is 14.4 Å². The van der Waals surface area contributed by atoms with E-state index in [4.69, 9.17) is 11.6 Å². The highest BCUT2D eigenvalue weighted by atomic mass is 79.9. The van der Waals surface area contributed by atoms with E-state index < -0.39 is 5.69 Å². The van der Waals surface area contributed by atoms with Gasteiger partial charge in [-0.3, -0.25) is 14.2 Å². The highest BCUT2D eigenvalue weighted by Gasteiger charge is 2.21. The van der Waals surface area contributed by atoms with Crippen molar-refractivity contribution in [2.75, 3.05) is 31.1 Å². The second-order valence-electron chi connectivity index (χ2n) is 7.52. The third kappa shape index (κ3) is 4.85. The van der Waals surface area contributed by atoms with Crippen molar-refractivity contribution in [3.05, 3.63) is 72.8 Å². The molecule has 0 atom stereocenters. The topological polar surface area (TPSA) is 78.4 Å². The van der Waals surface area contributed by atoms with Gasteiger partial charge in [0.2, 0.25) is 5.91 Å². The summed E-state index contributed by atoms with van der Waals surface area (Å²) in [5.41, 5.74) is 0.801. The first kappa shape index (κ1) is 21.6. The van der Waals surface area contributed by atoms with E-state index in [-0.39, 0.29) is 18.0 Å². The van der Waals surface area contributed by atoms with E-state index in [1.54, 1.807) is 18.2 Å². The molecule has 162 valence electrons. The van der Waals surface area contributed by atoms with E-state index in [0.29, 0.717) is 41.9 Å². The van der Waals surface area contributed by atoms with Crippen LogP contribution in [-0.2, 0) is 11.3 Å². The molecule has 2 aromatic carbocycles. The molecular formula is C22H22BrClN4O3. The number of benzene rings is 2. The number of piperazine rings is 1. The van der Waals surface area contributed by atoms with Crippen LogP contribution in [-0.4, -0.2) is 46.5 Å². The van der Waals surface area contributed by atoms with Crippen molar-refractivity contribution < 1.29 is 4.79 Å². The quantitative estimate of drug-likeness (QED) is 0.577. The lowest BCUT2D eigenvalue weighted by atomic mass is 10.2. The van der Waals surface area contributed by atoms with Crippen LogP contribution >= 0.6 is 27.5 Å². The minimum Gasteiger partial charge on any atom is -0.368 e. The van der Waals surface area contributed by atoms with Crippen LogP contribution in [0.4, 0.5) is 5.69 Å². The molecule has 4 rings (SSSR count). The maximum absolute atomic E-state index is 12.7. The number of anilines is 1. The predicted molar refractivity (Wildman–Crippen MR) is 126 cm³/mol. The number of nitrogens with zero attached hydrogens (tertiary/aromatic N) is 3. The highest BCUT2D eigenvalue weighted by Crippen LogP contribution is 2.20. The molecule has 1 aliphatic heterocycles. The zero-order chi connectivity index (χ0) is 22.0. The van der Waals surface area contributed by atoms with Crippen LogP contribution in [0, 0.1) is 0 Å². The first-order valence-corrected chi connectivity index (χ1v) is 11.3. The molecule has 9 heteroatoms. The minimum absolute atomic E-state index is 0.0452. The standard InChI is InChI=1S/C22H22BrClN4O3/c23-15-3-8-19-18(14-15)21(30)28(22(31)25-19)9-1-2-20(29)27-12-10-26(11-13-27)17-6-4-16(24)5-7-17/h3-8,14H,1-2,9-13H2,(H,25,31). The fourth-order valence-corrected chi connectivity index (χ4v) is 4.33. The number of rotatable bonds is 5. The maximum atomic E-state index is 12.7. The number of fused-ring (bicyclic) bond motifs is 1. The molecule has 0 bridgehead atoms. The molecule has 0 saturated carbocycles. The average molecular weight is 506 g/mol. The molecule has 7 nitrogen and oxygen atoms in total. The summed E-state index contributed by atoms with van der Waals surface area (Å²) in [6, 6.07) is 12.9. The van der Waals surface area contributed by atoms with Crippen molar-refractivity contribution >= 4 is 50.0 Å². The number of H-pyrrole nitrogens is 1. The SMILES string of the molecule is O=C(CCCn1c(=O)[nH]c2ccc(Br)cc2c1=O)N1CCN(c2ccc(Cl)cc2)CC1. The molecule has 2 heterocycles. The third-order valence-corrected chi connectivity index (χ3v) is 6.29. The van der Waals surface area contributed by atoms with Crippen molar-refractivity contribution in [1.29, 1.82) is 0 Å². The number of carbonyl (C=O) groups excluding carboxylic acids is 1. The second-order valence-corrected chi connectivity index (χ2v) is 8.88. The summed E-state index contributed by atoms with van der Waals surface area (Å²) in [5, 5.41) is 1.15. The van der Waals surface area contributed by atoms with Crippen LogP contribution in [0.25, 0.3) is 10.9 Å². The number of hydrogen-bond acceptors (Lipinski definition) is 4. The van der Waals surface area contributed by atoms with Crippen LogP contribution in [0.5, 0.6) is 0 Å². The van der Waals surface area contributed by atoms with Gasteiger partial charge in [-0.05, 0) is 48.9 Å². The average Bonchev–Trinajstić information content (AvgIpc) is 2.77. The third-order valence-electron chi connectivity index (χ3n) is 5.54. The Hall–Kier alpha value is -2.58. The number of aromatic nitrogens is 2. The molecule has 1 N–H and O–H groups in total. The number of amides is 1. The largest absolute Gasteiger partial charge is 0.368 e. The molecule has 0 aliphatic carbocycles. The number of carbonyl (C=O) groups is 1. The van der Waals surface area contributed by atoms with Crippen molar-refractivity contribution in [3.63, 3.8) is 0 Å². The Morgan fingerprint density at radius 3 is 2.45 bits per heavy atom. The monoisotopic (exact) mass is 504 g/mol. The van der Waals surface area contributed by atoms with Crippen LogP contribution in [0.2, 0.25) is 5.02 Å². The Bertz CT molecular complexity index is 1210. The van der Waals surface area contributed by atoms with Crippen molar-refractivity contribution in [1.82, 2.24) is 14.5 Å². The van der Waals surface area contributed by atoms with E-state index >= 15 is 0 Å². The van der Waals surface area contributed by atoms with Crippen LogP contribution in [0.1, 0.15) is 12.8 Å². The van der Waals surface area contributed by atoms with Gasteiger partial charge in [0.1, 0.15) is 0 Å². The predicted octanol–water partition coefficient (Wildman–Crippen LogP) is 3.23. The first-order valence-electron chi connectivity index (χ1n) is 10.1. The van der Waals surface area contributed by atoms with Gasteiger partial charge in [0.25, 0.3) is 5.56 Å². The van der Waals surface area contributed by atoms with Crippen LogP contribution < -0.4 is 16.1 Å². The van der Waals surface area contributed by atoms with Gasteiger partial charge in [0.15, 0.2) is 0 Å². The summed E-state index contributed by atoms with van der Waals surface area (Å²) >= 11 is 9.29. The molecule has 0 radical (unpaired) electrons. The Balaban J connectivity index is 1.33. The molecular weight excluding hydrogens is 484 g/mol. The number of halogens is 2. The van der Waals surface area contributed by atoms with E-state index in [1.165, 1.54) is 4.57 Å². The van der Waals surface area contributed by atoms with Gasteiger partial charge in [-0.15, -0.1) is 0 Å². The van der Waals surface area contributed by atoms with Crippen molar-refractivity contribution in [3.8, 4) is 0 Å². The summed E-state index contributed by atoms with van der Waals surface area (Å²) in [4.78, 5) is 44.4. The number of nitrogens with one attached hydrogen (secondary N) is 1. The molecule has 1 aromatic heterocycles. The van der Waals surface area contributed by atoms with E-state index in [0.717, 1.165) is 23.2 Å². The number of hydrogen-bond donors (Lipinski definition) is 1. The zero-order valence-electron chi connectivity index (χ0n) is 16.8. The lowest BCUT2D eigenvalue weighted by Crippen LogP contribution is -2.48. The Morgan fingerprint density at radius 1 is 1.03 bits per heavy atom. The van der Waals surface area contributed by atoms with Gasteiger partial charge >= 0.3 is 5.69 Å². The summed E-state index contributed by atoms with van der Waals surface area (Å²) in [5.74, 6) is 0.0452. The Kier molecular flexibility index (Phi) is 6.48. The maximum Gasteiger partial charge on any atom is 0.328 e. The molecule has 1 amide bonds. The van der Waals surface area contributed by atoms with Crippen LogP contribution in [0.15, 0.2) is 56.5 Å². The van der Waals surface area contributed by atoms with E-state index in [1.807, 2.05) is 29.2 Å². The number of aromatic amines is 1. The molecule has 1 aliphatic rings. The van der Waals surface area contributed by atoms with Gasteiger partial charge in [-0.1, -0.05) is 27.5 Å². The summed E-state index contributed by atoms with van der Waals surface area (Å²) in [7, 11) is 0. The lowest BCUT2D eigenvalue weighted by molar-refractivity contribution is -0.131. The molecule has 3 aromatic rings. The normalized spacial score (nSPS) is 14.3. The molecule has 1 saturated heterocycles. The van der Waals surface area contributed by atoms with Gasteiger partial charge in [0.05, 0.1) is 10.9 Å². The van der Waals surface area contributed by atoms with Crippen molar-refractivity contribution in [2.24, 2.45) is 0 Å². The Morgan fingerprint density at radius 2 is 1.74 bits per heavy atom. The summed E-state index contributed by atoms with van der Waals surface area (Å²) < 4.78 is 1.93. The van der Waals surface area contributed by atoms with Gasteiger partial charge in [-0.25, -0.2) is 4.79 Å². The molecule has 1 fully saturated rings.